The average Bonchev–Trinajstić information content (AvgIpc) is 3.08. The molecule has 0 bridgehead atoms. The van der Waals surface area contributed by atoms with Gasteiger partial charge in [0.05, 0.1) is 39.6 Å². The Labute approximate surface area is 286 Å². The van der Waals surface area contributed by atoms with Gasteiger partial charge in [-0.3, -0.25) is 9.59 Å². The third-order valence-electron chi connectivity index (χ3n) is 6.56. The van der Waals surface area contributed by atoms with E-state index in [1.54, 1.807) is 7.11 Å². The van der Waals surface area contributed by atoms with Crippen molar-refractivity contribution in [3.05, 3.63) is 38.0 Å². The maximum absolute atomic E-state index is 11.9. The van der Waals surface area contributed by atoms with E-state index in [0.29, 0.717) is 71.4 Å². The Morgan fingerprint density at radius 1 is 0.750 bits per heavy atom. The zero-order valence-corrected chi connectivity index (χ0v) is 29.8. The van der Waals surface area contributed by atoms with Gasteiger partial charge in [-0.05, 0) is 52.4 Å². The molecule has 1 rings (SSSR count). The number of unbranched alkanes of at least 4 members (excludes halogenated alkanes) is 2. The molecule has 0 saturated carbocycles. The van der Waals surface area contributed by atoms with E-state index in [2.05, 4.69) is 29.2 Å². The van der Waals surface area contributed by atoms with Crippen LogP contribution in [0.3, 0.4) is 0 Å². The number of hydrogen-bond donors (Lipinski definition) is 0. The van der Waals surface area contributed by atoms with Crippen LogP contribution in [0.25, 0.3) is 0 Å². The molecular weight excluding hydrogens is 628 g/mol. The van der Waals surface area contributed by atoms with Gasteiger partial charge in [0.2, 0.25) is 0 Å². The molecule has 0 radical (unpaired) electrons. The number of methoxy groups -OCH3 is 2. The first-order valence-electron chi connectivity index (χ1n) is 16.3. The summed E-state index contributed by atoms with van der Waals surface area (Å²) >= 11 is 0. The first kappa shape index (κ1) is 46.6. The second-order valence-electron chi connectivity index (χ2n) is 10.8. The van der Waals surface area contributed by atoms with Gasteiger partial charge in [-0.2, -0.15) is 0 Å². The van der Waals surface area contributed by atoms with Crippen LogP contribution in [0.15, 0.2) is 38.0 Å². The van der Waals surface area contributed by atoms with Gasteiger partial charge in [0.1, 0.15) is 12.2 Å². The third kappa shape index (κ3) is 25.5. The van der Waals surface area contributed by atoms with Gasteiger partial charge >= 0.3 is 29.8 Å². The zero-order chi connectivity index (χ0) is 36.8. The van der Waals surface area contributed by atoms with E-state index < -0.39 is 17.7 Å². The molecule has 4 atom stereocenters. The highest BCUT2D eigenvalue weighted by Crippen LogP contribution is 2.28. The summed E-state index contributed by atoms with van der Waals surface area (Å²) in [6.45, 7) is 19.0. The molecule has 2 unspecified atom stereocenters. The number of rotatable bonds is 21. The van der Waals surface area contributed by atoms with Crippen molar-refractivity contribution in [2.24, 2.45) is 0 Å². The smallest absolute Gasteiger partial charge is 0.330 e. The standard InChI is InChI=1S/C20H34O7.C9H14O4.C6H10O2/c1-6-10-19(22)26-16-13-15(3)25-14-17(16)27-20(4,23-5)11-8-9-12-24-18(21)7-2;1-3-8(10)13-7-5-4-6-9(11)12-2;1-3-5-8-6(7)4-2/h7,15-17H,2,6,8-14H2,1,3-5H3;3H,1,4-7H2,2H3;4H,2-3,5H2,1H3/t15?,16-,17+,20?;;/m0../s1. The van der Waals surface area contributed by atoms with Gasteiger partial charge in [-0.15, -0.1) is 0 Å². The largest absolute Gasteiger partial charge is 0.469 e. The van der Waals surface area contributed by atoms with Crippen LogP contribution >= 0.6 is 0 Å². The molecule has 0 spiro atoms. The molecular formula is C35H58O13. The minimum Gasteiger partial charge on any atom is -0.469 e. The fourth-order valence-electron chi connectivity index (χ4n) is 3.86. The summed E-state index contributed by atoms with van der Waals surface area (Å²) in [5, 5.41) is 0. The summed E-state index contributed by atoms with van der Waals surface area (Å²) in [5.41, 5.74) is 0. The lowest BCUT2D eigenvalue weighted by Gasteiger charge is -2.39. The van der Waals surface area contributed by atoms with Crippen LogP contribution in [0.4, 0.5) is 0 Å². The van der Waals surface area contributed by atoms with E-state index in [9.17, 15) is 24.0 Å². The molecule has 1 saturated heterocycles. The van der Waals surface area contributed by atoms with Crippen LogP contribution in [0, 0.1) is 0 Å². The number of esters is 5. The summed E-state index contributed by atoms with van der Waals surface area (Å²) < 4.78 is 41.7. The lowest BCUT2D eigenvalue weighted by molar-refractivity contribution is -0.278. The predicted molar refractivity (Wildman–Crippen MR) is 179 cm³/mol. The molecule has 1 heterocycles. The van der Waals surface area contributed by atoms with Crippen molar-refractivity contribution < 1.29 is 61.9 Å². The maximum atomic E-state index is 11.9. The highest BCUT2D eigenvalue weighted by Gasteiger charge is 2.38. The summed E-state index contributed by atoms with van der Waals surface area (Å²) in [4.78, 5) is 54.3. The van der Waals surface area contributed by atoms with Gasteiger partial charge in [0.25, 0.3) is 0 Å². The van der Waals surface area contributed by atoms with Gasteiger partial charge in [-0.1, -0.05) is 33.6 Å². The summed E-state index contributed by atoms with van der Waals surface area (Å²) in [5.74, 6) is -2.49. The minimum atomic E-state index is -0.841. The highest BCUT2D eigenvalue weighted by atomic mass is 16.7. The quantitative estimate of drug-likeness (QED) is 0.0501. The zero-order valence-electron chi connectivity index (χ0n) is 29.8. The molecule has 0 aliphatic carbocycles. The second kappa shape index (κ2) is 29.6. The van der Waals surface area contributed by atoms with Crippen molar-refractivity contribution in [3.8, 4) is 0 Å². The number of ether oxygens (including phenoxy) is 8. The summed E-state index contributed by atoms with van der Waals surface area (Å²) in [7, 11) is 2.93. The molecule has 0 aromatic carbocycles. The molecule has 276 valence electrons. The minimum absolute atomic E-state index is 0.0117. The van der Waals surface area contributed by atoms with Crippen LogP contribution in [-0.4, -0.2) is 94.6 Å². The predicted octanol–water partition coefficient (Wildman–Crippen LogP) is 5.34. The van der Waals surface area contributed by atoms with Crippen LogP contribution in [0.1, 0.15) is 91.9 Å². The fourth-order valence-corrected chi connectivity index (χ4v) is 3.86. The van der Waals surface area contributed by atoms with E-state index in [1.807, 2.05) is 27.7 Å². The Hall–Kier alpha value is -3.55. The Balaban J connectivity index is 0. The third-order valence-corrected chi connectivity index (χ3v) is 6.56. The van der Waals surface area contributed by atoms with Crippen LogP contribution in [0.2, 0.25) is 0 Å². The first-order valence-corrected chi connectivity index (χ1v) is 16.3. The van der Waals surface area contributed by atoms with Gasteiger partial charge < -0.3 is 37.9 Å². The molecule has 0 aromatic rings. The van der Waals surface area contributed by atoms with Crippen molar-refractivity contribution in [3.63, 3.8) is 0 Å². The van der Waals surface area contributed by atoms with Crippen LogP contribution in [0.5, 0.6) is 0 Å². The molecule has 1 fully saturated rings. The summed E-state index contributed by atoms with van der Waals surface area (Å²) in [6.07, 6.45) is 9.02. The molecule has 1 aliphatic rings. The number of carbonyl (C=O) groups is 5. The SMILES string of the molecule is C=CC(=O)OCCC.C=CC(=O)OCCCCC(=O)OC.C=CC(=O)OCCCCC(C)(OC)O[C@@H]1COC(C)C[C@@H]1OC(=O)CCC. The monoisotopic (exact) mass is 686 g/mol. The number of hydrogen-bond acceptors (Lipinski definition) is 13. The topological polar surface area (TPSA) is 159 Å². The molecule has 13 nitrogen and oxygen atoms in total. The molecule has 1 aliphatic heterocycles. The Bertz CT molecular complexity index is 964. The maximum Gasteiger partial charge on any atom is 0.330 e. The van der Waals surface area contributed by atoms with E-state index in [1.165, 1.54) is 7.11 Å². The van der Waals surface area contributed by atoms with Crippen molar-refractivity contribution in [2.75, 3.05) is 40.6 Å². The normalized spacial score (nSPS) is 17.7. The van der Waals surface area contributed by atoms with E-state index in [-0.39, 0.29) is 36.2 Å². The Morgan fingerprint density at radius 3 is 1.77 bits per heavy atom. The van der Waals surface area contributed by atoms with Gasteiger partial charge in [0.15, 0.2) is 5.79 Å². The van der Waals surface area contributed by atoms with Crippen LogP contribution < -0.4 is 0 Å². The summed E-state index contributed by atoms with van der Waals surface area (Å²) in [6, 6.07) is 0. The Kier molecular flexibility index (Phi) is 28.7. The molecule has 0 aromatic heterocycles. The van der Waals surface area contributed by atoms with Crippen molar-refractivity contribution in [1.29, 1.82) is 0 Å². The number of carbonyl (C=O) groups excluding carboxylic acids is 5. The van der Waals surface area contributed by atoms with Gasteiger partial charge in [-0.25, -0.2) is 14.4 Å². The second-order valence-corrected chi connectivity index (χ2v) is 10.8. The molecule has 0 amide bonds. The Morgan fingerprint density at radius 2 is 1.29 bits per heavy atom. The highest BCUT2D eigenvalue weighted by molar-refractivity contribution is 5.81. The average molecular weight is 687 g/mol. The lowest BCUT2D eigenvalue weighted by Crippen LogP contribution is -2.49. The van der Waals surface area contributed by atoms with E-state index in [0.717, 1.165) is 37.5 Å². The fraction of sp³-hybridized carbons (Fsp3) is 0.686. The van der Waals surface area contributed by atoms with Crippen molar-refractivity contribution in [1.82, 2.24) is 0 Å². The van der Waals surface area contributed by atoms with E-state index in [4.69, 9.17) is 28.4 Å². The molecule has 48 heavy (non-hydrogen) atoms. The van der Waals surface area contributed by atoms with Crippen LogP contribution in [-0.2, 0) is 61.9 Å². The lowest BCUT2D eigenvalue weighted by atomic mass is 10.0. The van der Waals surface area contributed by atoms with Crippen molar-refractivity contribution in [2.45, 2.75) is 116 Å². The van der Waals surface area contributed by atoms with Gasteiger partial charge in [0, 0.05) is 51.0 Å². The molecule has 13 heteroatoms. The van der Waals surface area contributed by atoms with E-state index >= 15 is 0 Å². The van der Waals surface area contributed by atoms with Crippen molar-refractivity contribution >= 4 is 29.8 Å². The molecule has 0 N–H and O–H groups in total. The first-order chi connectivity index (χ1) is 22.8.